The van der Waals surface area contributed by atoms with E-state index in [-0.39, 0.29) is 5.91 Å². The molecule has 1 amide bonds. The van der Waals surface area contributed by atoms with Gasteiger partial charge in [0, 0.05) is 19.2 Å². The molecule has 1 rings (SSSR count). The van der Waals surface area contributed by atoms with Gasteiger partial charge < -0.3 is 10.6 Å². The van der Waals surface area contributed by atoms with E-state index in [4.69, 9.17) is 5.73 Å². The van der Waals surface area contributed by atoms with Gasteiger partial charge in [-0.1, -0.05) is 24.6 Å². The second-order valence-corrected chi connectivity index (χ2v) is 4.67. The summed E-state index contributed by atoms with van der Waals surface area (Å²) in [6.45, 7) is 4.75. The van der Waals surface area contributed by atoms with Crippen LogP contribution in [0.1, 0.15) is 25.3 Å². The molecule has 3 heteroatoms. The van der Waals surface area contributed by atoms with Crippen molar-refractivity contribution in [3.05, 3.63) is 29.8 Å². The van der Waals surface area contributed by atoms with Crippen molar-refractivity contribution in [2.45, 2.75) is 26.7 Å². The summed E-state index contributed by atoms with van der Waals surface area (Å²) in [5.41, 5.74) is 7.68. The van der Waals surface area contributed by atoms with Crippen LogP contribution >= 0.6 is 0 Å². The van der Waals surface area contributed by atoms with Gasteiger partial charge in [-0.2, -0.15) is 0 Å². The molecule has 0 aliphatic rings. The van der Waals surface area contributed by atoms with E-state index in [0.29, 0.717) is 18.9 Å². The molecule has 2 N–H and O–H groups in total. The molecular weight excluding hydrogens is 212 g/mol. The molecule has 3 nitrogen and oxygen atoms in total. The Morgan fingerprint density at radius 2 is 1.94 bits per heavy atom. The van der Waals surface area contributed by atoms with E-state index in [1.54, 1.807) is 4.90 Å². The topological polar surface area (TPSA) is 46.3 Å². The SMILES string of the molecule is Cc1ccc(N(C)C(=O)CCC(C)CN)cc1. The molecule has 0 saturated heterocycles. The second-order valence-electron chi connectivity index (χ2n) is 4.67. The lowest BCUT2D eigenvalue weighted by molar-refractivity contribution is -0.118. The summed E-state index contributed by atoms with van der Waals surface area (Å²) in [4.78, 5) is 13.6. The average Bonchev–Trinajstić information content (AvgIpc) is 2.35. The summed E-state index contributed by atoms with van der Waals surface area (Å²) in [7, 11) is 1.82. The number of nitrogens with zero attached hydrogens (tertiary/aromatic N) is 1. The molecule has 0 radical (unpaired) electrons. The highest BCUT2D eigenvalue weighted by molar-refractivity contribution is 5.92. The van der Waals surface area contributed by atoms with Crippen LogP contribution in [0.4, 0.5) is 5.69 Å². The summed E-state index contributed by atoms with van der Waals surface area (Å²) in [5, 5.41) is 0. The minimum Gasteiger partial charge on any atom is -0.330 e. The van der Waals surface area contributed by atoms with Crippen LogP contribution in [-0.4, -0.2) is 19.5 Å². The van der Waals surface area contributed by atoms with Gasteiger partial charge >= 0.3 is 0 Å². The first kappa shape index (κ1) is 13.7. The lowest BCUT2D eigenvalue weighted by Crippen LogP contribution is -2.26. The first-order valence-corrected chi connectivity index (χ1v) is 6.08. The fourth-order valence-corrected chi connectivity index (χ4v) is 1.57. The minimum absolute atomic E-state index is 0.147. The number of rotatable bonds is 5. The van der Waals surface area contributed by atoms with Crippen LogP contribution in [0.2, 0.25) is 0 Å². The maximum atomic E-state index is 11.9. The molecule has 0 aliphatic heterocycles. The molecule has 1 unspecified atom stereocenters. The monoisotopic (exact) mass is 234 g/mol. The number of amides is 1. The zero-order chi connectivity index (χ0) is 12.8. The van der Waals surface area contributed by atoms with E-state index in [2.05, 4.69) is 6.92 Å². The van der Waals surface area contributed by atoms with Crippen molar-refractivity contribution in [2.24, 2.45) is 11.7 Å². The highest BCUT2D eigenvalue weighted by atomic mass is 16.2. The summed E-state index contributed by atoms with van der Waals surface area (Å²) in [6.07, 6.45) is 1.41. The normalized spacial score (nSPS) is 12.2. The minimum atomic E-state index is 0.147. The Kier molecular flexibility index (Phi) is 5.16. The Bertz CT molecular complexity index is 359. The van der Waals surface area contributed by atoms with Crippen LogP contribution in [0.5, 0.6) is 0 Å². The number of aryl methyl sites for hydroxylation is 1. The quantitative estimate of drug-likeness (QED) is 0.850. The van der Waals surface area contributed by atoms with E-state index in [1.165, 1.54) is 5.56 Å². The van der Waals surface area contributed by atoms with Crippen LogP contribution in [-0.2, 0) is 4.79 Å². The van der Waals surface area contributed by atoms with Crippen molar-refractivity contribution in [1.29, 1.82) is 0 Å². The lowest BCUT2D eigenvalue weighted by Gasteiger charge is -2.18. The number of nitrogens with two attached hydrogens (primary N) is 1. The zero-order valence-electron chi connectivity index (χ0n) is 10.9. The van der Waals surface area contributed by atoms with E-state index in [1.807, 2.05) is 38.2 Å². The smallest absolute Gasteiger partial charge is 0.226 e. The molecule has 0 fully saturated rings. The number of carbonyl (C=O) groups excluding carboxylic acids is 1. The number of benzene rings is 1. The third kappa shape index (κ3) is 4.19. The summed E-state index contributed by atoms with van der Waals surface area (Å²) < 4.78 is 0. The highest BCUT2D eigenvalue weighted by Crippen LogP contribution is 2.15. The zero-order valence-corrected chi connectivity index (χ0v) is 10.9. The summed E-state index contributed by atoms with van der Waals surface area (Å²) >= 11 is 0. The summed E-state index contributed by atoms with van der Waals surface area (Å²) in [6, 6.07) is 7.97. The van der Waals surface area contributed by atoms with E-state index < -0.39 is 0 Å². The molecule has 0 bridgehead atoms. The Morgan fingerprint density at radius 1 is 1.35 bits per heavy atom. The van der Waals surface area contributed by atoms with E-state index in [0.717, 1.165) is 12.1 Å². The van der Waals surface area contributed by atoms with Gasteiger partial charge in [-0.3, -0.25) is 4.79 Å². The van der Waals surface area contributed by atoms with Crippen molar-refractivity contribution in [2.75, 3.05) is 18.5 Å². The van der Waals surface area contributed by atoms with Gasteiger partial charge in [0.05, 0.1) is 0 Å². The Hall–Kier alpha value is -1.35. The van der Waals surface area contributed by atoms with Crippen molar-refractivity contribution in [3.63, 3.8) is 0 Å². The molecule has 0 aliphatic carbocycles. The van der Waals surface area contributed by atoms with Crippen molar-refractivity contribution >= 4 is 11.6 Å². The lowest BCUT2D eigenvalue weighted by atomic mass is 10.1. The second kappa shape index (κ2) is 6.40. The fourth-order valence-electron chi connectivity index (χ4n) is 1.57. The van der Waals surface area contributed by atoms with Gasteiger partial charge in [0.25, 0.3) is 0 Å². The van der Waals surface area contributed by atoms with Crippen LogP contribution in [0.25, 0.3) is 0 Å². The van der Waals surface area contributed by atoms with Gasteiger partial charge in [0.1, 0.15) is 0 Å². The molecule has 0 heterocycles. The third-order valence-corrected chi connectivity index (χ3v) is 3.05. The Balaban J connectivity index is 2.54. The van der Waals surface area contributed by atoms with Crippen LogP contribution in [0.15, 0.2) is 24.3 Å². The predicted octanol–water partition coefficient (Wildman–Crippen LogP) is 2.33. The van der Waals surface area contributed by atoms with Crippen LogP contribution in [0.3, 0.4) is 0 Å². The fraction of sp³-hybridized carbons (Fsp3) is 0.500. The molecule has 1 aromatic carbocycles. The predicted molar refractivity (Wildman–Crippen MR) is 72.0 cm³/mol. The maximum absolute atomic E-state index is 11.9. The maximum Gasteiger partial charge on any atom is 0.226 e. The molecule has 17 heavy (non-hydrogen) atoms. The first-order chi connectivity index (χ1) is 8.04. The molecule has 0 spiro atoms. The van der Waals surface area contributed by atoms with Crippen molar-refractivity contribution in [1.82, 2.24) is 0 Å². The highest BCUT2D eigenvalue weighted by Gasteiger charge is 2.11. The number of hydrogen-bond donors (Lipinski definition) is 1. The average molecular weight is 234 g/mol. The number of hydrogen-bond acceptors (Lipinski definition) is 2. The third-order valence-electron chi connectivity index (χ3n) is 3.05. The van der Waals surface area contributed by atoms with Crippen LogP contribution < -0.4 is 10.6 Å². The summed E-state index contributed by atoms with van der Waals surface area (Å²) in [5.74, 6) is 0.555. The van der Waals surface area contributed by atoms with Gasteiger partial charge in [0.15, 0.2) is 0 Å². The van der Waals surface area contributed by atoms with Crippen molar-refractivity contribution < 1.29 is 4.79 Å². The number of anilines is 1. The molecule has 0 aromatic heterocycles. The van der Waals surface area contributed by atoms with Crippen LogP contribution in [0, 0.1) is 12.8 Å². The van der Waals surface area contributed by atoms with Gasteiger partial charge in [-0.05, 0) is 37.9 Å². The van der Waals surface area contributed by atoms with E-state index >= 15 is 0 Å². The molecule has 1 atom stereocenters. The van der Waals surface area contributed by atoms with Gasteiger partial charge in [-0.25, -0.2) is 0 Å². The standard InChI is InChI=1S/C14H22N2O/c1-11-4-7-13(8-5-11)16(3)14(17)9-6-12(2)10-15/h4-5,7-8,12H,6,9-10,15H2,1-3H3. The molecule has 1 aromatic rings. The number of carbonyl (C=O) groups is 1. The van der Waals surface area contributed by atoms with E-state index in [9.17, 15) is 4.79 Å². The molecular formula is C14H22N2O. The van der Waals surface area contributed by atoms with Gasteiger partial charge in [-0.15, -0.1) is 0 Å². The van der Waals surface area contributed by atoms with Gasteiger partial charge in [0.2, 0.25) is 5.91 Å². The molecule has 94 valence electrons. The molecule has 0 saturated carbocycles. The Morgan fingerprint density at radius 3 is 2.47 bits per heavy atom. The Labute approximate surface area is 104 Å². The largest absolute Gasteiger partial charge is 0.330 e. The van der Waals surface area contributed by atoms with Crippen molar-refractivity contribution in [3.8, 4) is 0 Å². The first-order valence-electron chi connectivity index (χ1n) is 6.08.